The number of allylic oxidation sites excluding steroid dienone is 1. The standard InChI is InChI=1S/C20H22N2S/c1-15-18(22(2)3)14-19(21-17-12-8-5-9-13-17)23-20(15)16-10-6-4-7-11-16/h4-15,20H,1-3H3/t15-,20+/m1/s1. The summed E-state index contributed by atoms with van der Waals surface area (Å²) in [6.45, 7) is 2.30. The summed E-state index contributed by atoms with van der Waals surface area (Å²) in [5.41, 5.74) is 3.69. The summed E-state index contributed by atoms with van der Waals surface area (Å²) in [7, 11) is 4.22. The van der Waals surface area contributed by atoms with Gasteiger partial charge in [0, 0.05) is 31.0 Å². The van der Waals surface area contributed by atoms with Crippen LogP contribution in [0.4, 0.5) is 5.69 Å². The summed E-state index contributed by atoms with van der Waals surface area (Å²) in [6, 6.07) is 20.9. The van der Waals surface area contributed by atoms with Crippen molar-refractivity contribution in [3.8, 4) is 0 Å². The van der Waals surface area contributed by atoms with Gasteiger partial charge in [0.25, 0.3) is 0 Å². The van der Waals surface area contributed by atoms with E-state index in [4.69, 9.17) is 4.99 Å². The third-order valence-electron chi connectivity index (χ3n) is 4.08. The van der Waals surface area contributed by atoms with Gasteiger partial charge in [-0.05, 0) is 23.8 Å². The molecular weight excluding hydrogens is 300 g/mol. The Balaban J connectivity index is 1.99. The second-order valence-electron chi connectivity index (χ2n) is 5.99. The maximum atomic E-state index is 4.84. The normalized spacial score (nSPS) is 22.7. The highest BCUT2D eigenvalue weighted by Gasteiger charge is 2.30. The van der Waals surface area contributed by atoms with Gasteiger partial charge in [-0.25, -0.2) is 4.99 Å². The lowest BCUT2D eigenvalue weighted by Gasteiger charge is -2.34. The van der Waals surface area contributed by atoms with E-state index in [0.717, 1.165) is 10.7 Å². The fourth-order valence-electron chi connectivity index (χ4n) is 2.90. The van der Waals surface area contributed by atoms with Crippen LogP contribution in [0.2, 0.25) is 0 Å². The molecule has 2 nitrogen and oxygen atoms in total. The summed E-state index contributed by atoms with van der Waals surface area (Å²) in [5.74, 6) is 0.451. The minimum absolute atomic E-state index is 0.390. The predicted molar refractivity (Wildman–Crippen MR) is 101 cm³/mol. The zero-order valence-corrected chi connectivity index (χ0v) is 14.6. The molecule has 0 unspecified atom stereocenters. The summed E-state index contributed by atoms with van der Waals surface area (Å²) in [5, 5.41) is 1.47. The lowest BCUT2D eigenvalue weighted by molar-refractivity contribution is 0.426. The molecule has 0 saturated heterocycles. The van der Waals surface area contributed by atoms with Gasteiger partial charge in [-0.2, -0.15) is 0 Å². The second-order valence-corrected chi connectivity index (χ2v) is 7.15. The average Bonchev–Trinajstić information content (AvgIpc) is 2.58. The first-order valence-electron chi connectivity index (χ1n) is 7.89. The third kappa shape index (κ3) is 3.67. The fourth-order valence-corrected chi connectivity index (χ4v) is 4.15. The van der Waals surface area contributed by atoms with E-state index in [9.17, 15) is 0 Å². The highest BCUT2D eigenvalue weighted by atomic mass is 32.2. The van der Waals surface area contributed by atoms with E-state index < -0.39 is 0 Å². The molecule has 0 spiro atoms. The van der Waals surface area contributed by atoms with Crippen LogP contribution in [0.3, 0.4) is 0 Å². The van der Waals surface area contributed by atoms with E-state index in [2.05, 4.69) is 62.3 Å². The minimum Gasteiger partial charge on any atom is -0.381 e. The molecule has 0 amide bonds. The maximum Gasteiger partial charge on any atom is 0.0990 e. The quantitative estimate of drug-likeness (QED) is 0.763. The molecule has 2 atom stereocenters. The van der Waals surface area contributed by atoms with E-state index in [1.165, 1.54) is 11.3 Å². The molecule has 1 aliphatic rings. The largest absolute Gasteiger partial charge is 0.381 e. The molecule has 0 aliphatic carbocycles. The highest BCUT2D eigenvalue weighted by molar-refractivity contribution is 8.14. The molecule has 2 aromatic rings. The smallest absolute Gasteiger partial charge is 0.0990 e. The Kier molecular flexibility index (Phi) is 4.87. The van der Waals surface area contributed by atoms with Crippen LogP contribution in [0.25, 0.3) is 0 Å². The molecule has 1 heterocycles. The Hall–Kier alpha value is -2.00. The van der Waals surface area contributed by atoms with Gasteiger partial charge >= 0.3 is 0 Å². The van der Waals surface area contributed by atoms with Gasteiger partial charge in [0.1, 0.15) is 0 Å². The van der Waals surface area contributed by atoms with Crippen molar-refractivity contribution >= 4 is 22.5 Å². The lowest BCUT2D eigenvalue weighted by atomic mass is 9.96. The number of hydrogen-bond donors (Lipinski definition) is 0. The molecule has 1 aliphatic heterocycles. The van der Waals surface area contributed by atoms with E-state index in [0.29, 0.717) is 11.2 Å². The molecule has 0 saturated carbocycles. The molecule has 3 heteroatoms. The van der Waals surface area contributed by atoms with Crippen LogP contribution in [0.15, 0.2) is 77.4 Å². The van der Waals surface area contributed by atoms with Crippen molar-refractivity contribution in [3.63, 3.8) is 0 Å². The Bertz CT molecular complexity index is 705. The topological polar surface area (TPSA) is 15.6 Å². The third-order valence-corrected chi connectivity index (χ3v) is 5.46. The molecule has 3 rings (SSSR count). The molecular formula is C20H22N2S. The summed E-state index contributed by atoms with van der Waals surface area (Å²) in [6.07, 6.45) is 2.22. The first kappa shape index (κ1) is 15.9. The van der Waals surface area contributed by atoms with Gasteiger partial charge in [0.2, 0.25) is 0 Å². The van der Waals surface area contributed by atoms with Gasteiger partial charge in [0.05, 0.1) is 10.7 Å². The number of para-hydroxylation sites is 1. The predicted octanol–water partition coefficient (Wildman–Crippen LogP) is 5.29. The van der Waals surface area contributed by atoms with Crippen LogP contribution in [0.1, 0.15) is 17.7 Å². The second kappa shape index (κ2) is 7.05. The van der Waals surface area contributed by atoms with Crippen molar-refractivity contribution in [2.24, 2.45) is 10.9 Å². The Morgan fingerprint density at radius 3 is 2.13 bits per heavy atom. The Morgan fingerprint density at radius 1 is 0.913 bits per heavy atom. The fraction of sp³-hybridized carbons (Fsp3) is 0.250. The summed E-state index contributed by atoms with van der Waals surface area (Å²) < 4.78 is 0. The molecule has 118 valence electrons. The van der Waals surface area contributed by atoms with Gasteiger partial charge in [0.15, 0.2) is 0 Å². The number of hydrogen-bond acceptors (Lipinski definition) is 3. The molecule has 2 aromatic carbocycles. The van der Waals surface area contributed by atoms with Crippen molar-refractivity contribution in [3.05, 3.63) is 78.0 Å². The minimum atomic E-state index is 0.390. The maximum absolute atomic E-state index is 4.84. The van der Waals surface area contributed by atoms with E-state index in [1.54, 1.807) is 0 Å². The van der Waals surface area contributed by atoms with Gasteiger partial charge in [-0.15, -0.1) is 0 Å². The van der Waals surface area contributed by atoms with Crippen LogP contribution in [0, 0.1) is 5.92 Å². The van der Waals surface area contributed by atoms with Gasteiger partial charge < -0.3 is 4.90 Å². The van der Waals surface area contributed by atoms with Crippen LogP contribution < -0.4 is 0 Å². The van der Waals surface area contributed by atoms with Crippen LogP contribution in [0.5, 0.6) is 0 Å². The number of aliphatic imine (C=N–C) groups is 1. The number of benzene rings is 2. The molecule has 0 aromatic heterocycles. The first-order valence-corrected chi connectivity index (χ1v) is 8.77. The SMILES string of the molecule is C[C@@H]1C(N(C)C)=CC(=Nc2ccccc2)S[C@@H]1c1ccccc1. The number of rotatable bonds is 3. The Morgan fingerprint density at radius 2 is 1.52 bits per heavy atom. The van der Waals surface area contributed by atoms with Crippen LogP contribution >= 0.6 is 11.8 Å². The highest BCUT2D eigenvalue weighted by Crippen LogP contribution is 2.44. The summed E-state index contributed by atoms with van der Waals surface area (Å²) >= 11 is 1.86. The first-order chi connectivity index (χ1) is 11.1. The van der Waals surface area contributed by atoms with Gasteiger partial charge in [-0.3, -0.25) is 0 Å². The van der Waals surface area contributed by atoms with E-state index >= 15 is 0 Å². The van der Waals surface area contributed by atoms with Crippen molar-refractivity contribution in [1.29, 1.82) is 0 Å². The average molecular weight is 322 g/mol. The van der Waals surface area contributed by atoms with Gasteiger partial charge in [-0.1, -0.05) is 67.2 Å². The molecule has 0 radical (unpaired) electrons. The number of nitrogens with zero attached hydrogens (tertiary/aromatic N) is 2. The summed E-state index contributed by atoms with van der Waals surface area (Å²) in [4.78, 5) is 7.05. The Labute approximate surface area is 142 Å². The molecule has 0 bridgehead atoms. The van der Waals surface area contributed by atoms with Crippen molar-refractivity contribution in [2.45, 2.75) is 12.2 Å². The van der Waals surface area contributed by atoms with Crippen LogP contribution in [-0.4, -0.2) is 24.0 Å². The van der Waals surface area contributed by atoms with E-state index in [-0.39, 0.29) is 0 Å². The van der Waals surface area contributed by atoms with Crippen LogP contribution in [-0.2, 0) is 0 Å². The monoisotopic (exact) mass is 322 g/mol. The van der Waals surface area contributed by atoms with Crippen molar-refractivity contribution in [2.75, 3.05) is 14.1 Å². The zero-order chi connectivity index (χ0) is 16.2. The lowest BCUT2D eigenvalue weighted by Crippen LogP contribution is -2.25. The number of thioether (sulfide) groups is 1. The molecule has 0 fully saturated rings. The molecule has 0 N–H and O–H groups in total. The molecule has 23 heavy (non-hydrogen) atoms. The van der Waals surface area contributed by atoms with Crippen molar-refractivity contribution < 1.29 is 0 Å². The zero-order valence-electron chi connectivity index (χ0n) is 13.8. The van der Waals surface area contributed by atoms with Crippen molar-refractivity contribution in [1.82, 2.24) is 4.90 Å². The van der Waals surface area contributed by atoms with E-state index in [1.807, 2.05) is 42.1 Å².